The van der Waals surface area contributed by atoms with Gasteiger partial charge in [-0.15, -0.1) is 10.2 Å². The average Bonchev–Trinajstić information content (AvgIpc) is 3.36. The number of aliphatic hydroxyl groups excluding tert-OH is 1. The van der Waals surface area contributed by atoms with Gasteiger partial charge in [-0.25, -0.2) is 0 Å². The topological polar surface area (TPSA) is 99.0 Å². The minimum Gasteiger partial charge on any atom is -0.492 e. The second-order valence-electron chi connectivity index (χ2n) is 9.31. The van der Waals surface area contributed by atoms with Gasteiger partial charge < -0.3 is 19.8 Å². The predicted molar refractivity (Wildman–Crippen MR) is 147 cm³/mol. The normalized spacial score (nSPS) is 15.5. The number of benzene rings is 2. The van der Waals surface area contributed by atoms with Crippen molar-refractivity contribution < 1.29 is 19.7 Å². The van der Waals surface area contributed by atoms with Crippen LogP contribution in [-0.4, -0.2) is 64.1 Å². The van der Waals surface area contributed by atoms with E-state index in [1.165, 1.54) is 11.3 Å². The van der Waals surface area contributed by atoms with Crippen molar-refractivity contribution in [2.24, 2.45) is 5.92 Å². The van der Waals surface area contributed by atoms with Crippen molar-refractivity contribution in [2.75, 3.05) is 37.7 Å². The standard InChI is InChI=1S/C27H33ClN4O4S/c1-4-32(25(33)21-7-5-6-8-22(21)28)27-30-29-24(37-27)20-15-17(2)23(18(3)16-20)36-14-13-31-11-9-19(10-12-31)26(34)35/h5-8,15-16,19,25,33H,4,9-14H2,1-3H3,(H,34,35). The van der Waals surface area contributed by atoms with Gasteiger partial charge in [0.05, 0.1) is 5.92 Å². The molecule has 0 bridgehead atoms. The highest BCUT2D eigenvalue weighted by molar-refractivity contribution is 7.18. The Kier molecular flexibility index (Phi) is 9.02. The number of carboxylic acid groups (broad SMARTS) is 1. The number of halogens is 1. The van der Waals surface area contributed by atoms with Crippen molar-refractivity contribution in [3.63, 3.8) is 0 Å². The van der Waals surface area contributed by atoms with Crippen LogP contribution in [0, 0.1) is 19.8 Å². The van der Waals surface area contributed by atoms with Crippen LogP contribution in [0.4, 0.5) is 5.13 Å². The van der Waals surface area contributed by atoms with Gasteiger partial charge in [-0.3, -0.25) is 9.69 Å². The van der Waals surface area contributed by atoms with Crippen LogP contribution < -0.4 is 9.64 Å². The fourth-order valence-electron chi connectivity index (χ4n) is 4.70. The molecule has 2 heterocycles. The summed E-state index contributed by atoms with van der Waals surface area (Å²) in [6, 6.07) is 11.3. The molecule has 4 rings (SSSR count). The molecule has 1 aliphatic rings. The molecule has 198 valence electrons. The first-order chi connectivity index (χ1) is 17.8. The van der Waals surface area contributed by atoms with Crippen LogP contribution in [0.25, 0.3) is 10.6 Å². The molecule has 2 N–H and O–H groups in total. The average molecular weight is 545 g/mol. The maximum atomic E-state index is 11.1. The largest absolute Gasteiger partial charge is 0.492 e. The van der Waals surface area contributed by atoms with E-state index < -0.39 is 12.2 Å². The number of carbonyl (C=O) groups is 1. The van der Waals surface area contributed by atoms with Gasteiger partial charge in [-0.1, -0.05) is 41.1 Å². The number of anilines is 1. The number of aliphatic carboxylic acids is 1. The Labute approximate surface area is 226 Å². The zero-order valence-corrected chi connectivity index (χ0v) is 22.9. The monoisotopic (exact) mass is 544 g/mol. The first-order valence-corrected chi connectivity index (χ1v) is 13.7. The second kappa shape index (κ2) is 12.2. The number of rotatable bonds is 10. The van der Waals surface area contributed by atoms with E-state index in [1.807, 2.05) is 45.0 Å². The van der Waals surface area contributed by atoms with Crippen LogP contribution in [0.3, 0.4) is 0 Å². The van der Waals surface area contributed by atoms with E-state index in [9.17, 15) is 9.90 Å². The maximum Gasteiger partial charge on any atom is 0.306 e. The third kappa shape index (κ3) is 6.41. The van der Waals surface area contributed by atoms with Crippen LogP contribution in [0.1, 0.15) is 42.7 Å². The first kappa shape index (κ1) is 27.3. The lowest BCUT2D eigenvalue weighted by molar-refractivity contribution is -0.143. The second-order valence-corrected chi connectivity index (χ2v) is 10.7. The number of hydrogen-bond acceptors (Lipinski definition) is 8. The number of ether oxygens (including phenoxy) is 1. The molecule has 0 saturated carbocycles. The number of likely N-dealkylation sites (tertiary alicyclic amines) is 1. The Hall–Kier alpha value is -2.72. The van der Waals surface area contributed by atoms with Crippen molar-refractivity contribution in [1.29, 1.82) is 0 Å². The minimum absolute atomic E-state index is 0.223. The summed E-state index contributed by atoms with van der Waals surface area (Å²) in [7, 11) is 0. The number of piperidine rings is 1. The third-order valence-corrected chi connectivity index (χ3v) is 8.13. The molecular formula is C27H33ClN4O4S. The van der Waals surface area contributed by atoms with Crippen LogP contribution in [0.5, 0.6) is 5.75 Å². The van der Waals surface area contributed by atoms with Gasteiger partial charge in [0.1, 0.15) is 17.4 Å². The molecule has 37 heavy (non-hydrogen) atoms. The number of hydrogen-bond donors (Lipinski definition) is 2. The lowest BCUT2D eigenvalue weighted by Crippen LogP contribution is -2.38. The quantitative estimate of drug-likeness (QED) is 0.337. The molecule has 8 nitrogen and oxygen atoms in total. The Balaban J connectivity index is 1.41. The summed E-state index contributed by atoms with van der Waals surface area (Å²) in [4.78, 5) is 15.2. The molecule has 1 saturated heterocycles. The predicted octanol–water partition coefficient (Wildman–Crippen LogP) is 5.17. The van der Waals surface area contributed by atoms with Crippen LogP contribution >= 0.6 is 22.9 Å². The summed E-state index contributed by atoms with van der Waals surface area (Å²) >= 11 is 7.72. The molecule has 3 aromatic rings. The molecule has 0 amide bonds. The SMILES string of the molecule is CCN(c1nnc(-c2cc(C)c(OCCN3CCC(C(=O)O)CC3)c(C)c2)s1)C(O)c1ccccc1Cl. The van der Waals surface area contributed by atoms with E-state index in [-0.39, 0.29) is 5.92 Å². The van der Waals surface area contributed by atoms with Crippen molar-refractivity contribution in [2.45, 2.75) is 39.8 Å². The molecule has 1 unspecified atom stereocenters. The van der Waals surface area contributed by atoms with Gasteiger partial charge in [-0.05, 0) is 76.0 Å². The number of carboxylic acids is 1. The third-order valence-electron chi connectivity index (χ3n) is 6.78. The van der Waals surface area contributed by atoms with E-state index >= 15 is 0 Å². The molecule has 1 aromatic heterocycles. The van der Waals surface area contributed by atoms with Crippen molar-refractivity contribution in [3.8, 4) is 16.3 Å². The molecule has 0 spiro atoms. The molecule has 0 aliphatic carbocycles. The van der Waals surface area contributed by atoms with Crippen molar-refractivity contribution in [1.82, 2.24) is 15.1 Å². The van der Waals surface area contributed by atoms with Crippen molar-refractivity contribution >= 4 is 34.0 Å². The maximum absolute atomic E-state index is 11.1. The number of nitrogens with zero attached hydrogens (tertiary/aromatic N) is 4. The molecule has 1 fully saturated rings. The van der Waals surface area contributed by atoms with Crippen LogP contribution in [-0.2, 0) is 4.79 Å². The van der Waals surface area contributed by atoms with Crippen LogP contribution in [0.2, 0.25) is 5.02 Å². The van der Waals surface area contributed by atoms with E-state index in [0.717, 1.165) is 47.1 Å². The number of aliphatic hydroxyl groups is 1. The van der Waals surface area contributed by atoms with Gasteiger partial charge in [0, 0.05) is 29.2 Å². The van der Waals surface area contributed by atoms with Crippen molar-refractivity contribution in [3.05, 3.63) is 58.1 Å². The summed E-state index contributed by atoms with van der Waals surface area (Å²) in [5, 5.41) is 30.8. The van der Waals surface area contributed by atoms with Crippen LogP contribution in [0.15, 0.2) is 36.4 Å². The van der Waals surface area contributed by atoms with Gasteiger partial charge in [-0.2, -0.15) is 0 Å². The summed E-state index contributed by atoms with van der Waals surface area (Å²) in [5.41, 5.74) is 3.60. The fraction of sp³-hybridized carbons (Fsp3) is 0.444. The van der Waals surface area contributed by atoms with E-state index in [1.54, 1.807) is 17.0 Å². The Morgan fingerprint density at radius 2 is 1.89 bits per heavy atom. The zero-order valence-electron chi connectivity index (χ0n) is 21.4. The highest BCUT2D eigenvalue weighted by Crippen LogP contribution is 2.36. The summed E-state index contributed by atoms with van der Waals surface area (Å²) in [6.45, 7) is 9.43. The number of aromatic nitrogens is 2. The fourth-order valence-corrected chi connectivity index (χ4v) is 5.85. The summed E-state index contributed by atoms with van der Waals surface area (Å²) in [6.07, 6.45) is 0.460. The molecule has 10 heteroatoms. The van der Waals surface area contributed by atoms with E-state index in [2.05, 4.69) is 15.1 Å². The molecule has 0 radical (unpaired) electrons. The first-order valence-electron chi connectivity index (χ1n) is 12.5. The highest BCUT2D eigenvalue weighted by atomic mass is 35.5. The van der Waals surface area contributed by atoms with Gasteiger partial charge in [0.2, 0.25) is 5.13 Å². The zero-order chi connectivity index (χ0) is 26.5. The molecule has 1 atom stereocenters. The number of aryl methyl sites for hydroxylation is 2. The van der Waals surface area contributed by atoms with Gasteiger partial charge in [0.15, 0.2) is 6.23 Å². The lowest BCUT2D eigenvalue weighted by Gasteiger charge is -2.30. The van der Waals surface area contributed by atoms with Gasteiger partial charge >= 0.3 is 5.97 Å². The summed E-state index contributed by atoms with van der Waals surface area (Å²) < 4.78 is 6.14. The molecule has 1 aliphatic heterocycles. The highest BCUT2D eigenvalue weighted by Gasteiger charge is 2.25. The molecule has 2 aromatic carbocycles. The Morgan fingerprint density at radius 3 is 2.51 bits per heavy atom. The summed E-state index contributed by atoms with van der Waals surface area (Å²) in [5.74, 6) is -0.0546. The Morgan fingerprint density at radius 1 is 1.22 bits per heavy atom. The Bertz CT molecular complexity index is 1210. The van der Waals surface area contributed by atoms with E-state index in [4.69, 9.17) is 21.4 Å². The van der Waals surface area contributed by atoms with Gasteiger partial charge in [0.25, 0.3) is 0 Å². The molecular weight excluding hydrogens is 512 g/mol. The van der Waals surface area contributed by atoms with E-state index in [0.29, 0.717) is 41.7 Å². The smallest absolute Gasteiger partial charge is 0.306 e. The lowest BCUT2D eigenvalue weighted by atomic mass is 9.97. The minimum atomic E-state index is -0.923.